The lowest BCUT2D eigenvalue weighted by atomic mass is 10.2. The van der Waals surface area contributed by atoms with Gasteiger partial charge in [0.05, 0.1) is 4.92 Å². The van der Waals surface area contributed by atoms with E-state index in [0.29, 0.717) is 12.2 Å². The number of anilines is 1. The topological polar surface area (TPSA) is 66.7 Å². The van der Waals surface area contributed by atoms with Crippen molar-refractivity contribution >= 4 is 17.4 Å². The summed E-state index contributed by atoms with van der Waals surface area (Å²) in [5.41, 5.74) is 0.666. The highest BCUT2D eigenvalue weighted by atomic mass is 16.6. The zero-order valence-corrected chi connectivity index (χ0v) is 9.24. The minimum absolute atomic E-state index is 0.0158. The molecule has 88 valence electrons. The van der Waals surface area contributed by atoms with Crippen molar-refractivity contribution < 1.29 is 9.72 Å². The number of carbonyl (C=O) groups is 1. The predicted octanol–water partition coefficient (Wildman–Crippen LogP) is 1.98. The molecule has 0 fully saturated rings. The van der Waals surface area contributed by atoms with Gasteiger partial charge in [0.25, 0.3) is 5.69 Å². The molecule has 6 heteroatoms. The van der Waals surface area contributed by atoms with Crippen LogP contribution in [0, 0.1) is 10.1 Å². The summed E-state index contributed by atoms with van der Waals surface area (Å²) < 4.78 is 0. The summed E-state index contributed by atoms with van der Waals surface area (Å²) in [6, 6.07) is 5.77. The van der Waals surface area contributed by atoms with Crippen LogP contribution < -0.4 is 4.90 Å². The van der Waals surface area contributed by atoms with E-state index >= 15 is 0 Å². The quantitative estimate of drug-likeness (QED) is 0.579. The number of nitro benzene ring substituents is 1. The van der Waals surface area contributed by atoms with Gasteiger partial charge in [-0.05, 0) is 18.2 Å². The highest BCUT2D eigenvalue weighted by Crippen LogP contribution is 2.21. The monoisotopic (exact) mass is 233 g/mol. The van der Waals surface area contributed by atoms with Gasteiger partial charge in [-0.2, -0.15) is 0 Å². The van der Waals surface area contributed by atoms with Gasteiger partial charge < -0.3 is 4.90 Å². The molecule has 2 amide bonds. The molecule has 0 radical (unpaired) electrons. The minimum atomic E-state index is -0.464. The van der Waals surface area contributed by atoms with Crippen LogP contribution in [0.2, 0.25) is 0 Å². The first kappa shape index (κ1) is 11.1. The molecule has 0 N–H and O–H groups in total. The first-order valence-corrected chi connectivity index (χ1v) is 5.05. The maximum absolute atomic E-state index is 11.8. The fourth-order valence-electron chi connectivity index (χ4n) is 1.61. The second kappa shape index (κ2) is 4.25. The maximum atomic E-state index is 11.8. The van der Waals surface area contributed by atoms with Crippen LogP contribution in [0.3, 0.4) is 0 Å². The molecular weight excluding hydrogens is 222 g/mol. The number of nitrogens with zero attached hydrogens (tertiary/aromatic N) is 3. The second-order valence-corrected chi connectivity index (χ2v) is 3.66. The van der Waals surface area contributed by atoms with E-state index in [-0.39, 0.29) is 11.7 Å². The molecule has 1 heterocycles. The Morgan fingerprint density at radius 3 is 2.53 bits per heavy atom. The van der Waals surface area contributed by atoms with Gasteiger partial charge in [-0.15, -0.1) is 0 Å². The molecule has 0 saturated heterocycles. The minimum Gasteiger partial charge on any atom is -0.304 e. The Kier molecular flexibility index (Phi) is 2.78. The van der Waals surface area contributed by atoms with Gasteiger partial charge in [0.15, 0.2) is 0 Å². The third-order valence-corrected chi connectivity index (χ3v) is 2.52. The molecule has 0 aliphatic carbocycles. The number of non-ortho nitro benzene ring substituents is 1. The molecule has 1 aliphatic rings. The molecule has 0 saturated carbocycles. The number of nitro groups is 1. The van der Waals surface area contributed by atoms with E-state index in [9.17, 15) is 14.9 Å². The Hall–Kier alpha value is -2.37. The SMILES string of the molecule is CN1C=CCN(c2ccc([N+](=O)[O-])cc2)C1=O. The molecule has 2 rings (SSSR count). The lowest BCUT2D eigenvalue weighted by molar-refractivity contribution is -0.384. The van der Waals surface area contributed by atoms with Crippen LogP contribution in [0.25, 0.3) is 0 Å². The van der Waals surface area contributed by atoms with Crippen molar-refractivity contribution in [3.63, 3.8) is 0 Å². The number of amides is 2. The molecule has 0 atom stereocenters. The van der Waals surface area contributed by atoms with E-state index in [4.69, 9.17) is 0 Å². The van der Waals surface area contributed by atoms with Gasteiger partial charge in [-0.25, -0.2) is 4.79 Å². The fourth-order valence-corrected chi connectivity index (χ4v) is 1.61. The zero-order valence-electron chi connectivity index (χ0n) is 9.24. The van der Waals surface area contributed by atoms with Crippen molar-refractivity contribution in [3.05, 3.63) is 46.7 Å². The predicted molar refractivity (Wildman–Crippen MR) is 62.7 cm³/mol. The van der Waals surface area contributed by atoms with Crippen molar-refractivity contribution in [3.8, 4) is 0 Å². The summed E-state index contributed by atoms with van der Waals surface area (Å²) in [7, 11) is 1.66. The van der Waals surface area contributed by atoms with Crippen molar-refractivity contribution in [2.75, 3.05) is 18.5 Å². The van der Waals surface area contributed by atoms with Crippen LogP contribution in [-0.4, -0.2) is 29.4 Å². The van der Waals surface area contributed by atoms with Crippen LogP contribution in [0.5, 0.6) is 0 Å². The lowest BCUT2D eigenvalue weighted by Crippen LogP contribution is -2.41. The Morgan fingerprint density at radius 2 is 1.94 bits per heavy atom. The Bertz CT molecular complexity index is 481. The molecular formula is C11H11N3O3. The van der Waals surface area contributed by atoms with Crippen LogP contribution in [0.1, 0.15) is 0 Å². The summed E-state index contributed by atoms with van der Waals surface area (Å²) >= 11 is 0. The van der Waals surface area contributed by atoms with Crippen molar-refractivity contribution in [1.82, 2.24) is 4.90 Å². The zero-order chi connectivity index (χ0) is 12.4. The largest absolute Gasteiger partial charge is 0.328 e. The smallest absolute Gasteiger partial charge is 0.304 e. The number of urea groups is 1. The van der Waals surface area contributed by atoms with E-state index in [1.165, 1.54) is 17.0 Å². The number of rotatable bonds is 2. The summed E-state index contributed by atoms with van der Waals surface area (Å²) in [5, 5.41) is 10.5. The molecule has 6 nitrogen and oxygen atoms in total. The van der Waals surface area contributed by atoms with Gasteiger partial charge in [0.2, 0.25) is 0 Å². The molecule has 0 bridgehead atoms. The van der Waals surface area contributed by atoms with Crippen LogP contribution in [0.15, 0.2) is 36.5 Å². The van der Waals surface area contributed by atoms with E-state index in [1.54, 1.807) is 30.3 Å². The first-order valence-electron chi connectivity index (χ1n) is 5.05. The van der Waals surface area contributed by atoms with Gasteiger partial charge in [0, 0.05) is 37.6 Å². The van der Waals surface area contributed by atoms with E-state index in [0.717, 1.165) is 0 Å². The molecule has 17 heavy (non-hydrogen) atoms. The third-order valence-electron chi connectivity index (χ3n) is 2.52. The number of benzene rings is 1. The third kappa shape index (κ3) is 2.10. The highest BCUT2D eigenvalue weighted by molar-refractivity contribution is 5.93. The van der Waals surface area contributed by atoms with Gasteiger partial charge in [-0.1, -0.05) is 0 Å². The van der Waals surface area contributed by atoms with Crippen LogP contribution in [-0.2, 0) is 0 Å². The standard InChI is InChI=1S/C11H11N3O3/c1-12-7-2-8-13(11(12)15)9-3-5-10(6-4-9)14(16)17/h2-7H,8H2,1H3. The Labute approximate surface area is 97.9 Å². The first-order chi connectivity index (χ1) is 8.09. The van der Waals surface area contributed by atoms with E-state index in [2.05, 4.69) is 0 Å². The fraction of sp³-hybridized carbons (Fsp3) is 0.182. The van der Waals surface area contributed by atoms with Gasteiger partial charge in [0.1, 0.15) is 0 Å². The van der Waals surface area contributed by atoms with Crippen molar-refractivity contribution in [1.29, 1.82) is 0 Å². The normalized spacial score (nSPS) is 15.2. The molecule has 0 spiro atoms. The molecule has 1 aromatic rings. The average molecular weight is 233 g/mol. The molecule has 1 aliphatic heterocycles. The van der Waals surface area contributed by atoms with Crippen molar-refractivity contribution in [2.24, 2.45) is 0 Å². The Morgan fingerprint density at radius 1 is 1.29 bits per heavy atom. The summed E-state index contributed by atoms with van der Waals surface area (Å²) in [5.74, 6) is 0. The number of hydrogen-bond acceptors (Lipinski definition) is 3. The number of hydrogen-bond donors (Lipinski definition) is 0. The number of carbonyl (C=O) groups excluding carboxylic acids is 1. The van der Waals surface area contributed by atoms with Gasteiger partial charge >= 0.3 is 6.03 Å². The highest BCUT2D eigenvalue weighted by Gasteiger charge is 2.21. The molecule has 0 unspecified atom stereocenters. The molecule has 1 aromatic carbocycles. The average Bonchev–Trinajstić information content (AvgIpc) is 2.33. The maximum Gasteiger partial charge on any atom is 0.328 e. The summed E-state index contributed by atoms with van der Waals surface area (Å²) in [6.45, 7) is 0.473. The van der Waals surface area contributed by atoms with E-state index in [1.807, 2.05) is 6.08 Å². The van der Waals surface area contributed by atoms with Crippen LogP contribution in [0.4, 0.5) is 16.2 Å². The van der Waals surface area contributed by atoms with E-state index < -0.39 is 4.92 Å². The van der Waals surface area contributed by atoms with Crippen molar-refractivity contribution in [2.45, 2.75) is 0 Å². The summed E-state index contributed by atoms with van der Waals surface area (Å²) in [6.07, 6.45) is 3.55. The second-order valence-electron chi connectivity index (χ2n) is 3.66. The lowest BCUT2D eigenvalue weighted by Gasteiger charge is -2.28. The van der Waals surface area contributed by atoms with Crippen LogP contribution >= 0.6 is 0 Å². The molecule has 0 aromatic heterocycles. The van der Waals surface area contributed by atoms with Gasteiger partial charge in [-0.3, -0.25) is 15.0 Å². The summed E-state index contributed by atoms with van der Waals surface area (Å²) in [4.78, 5) is 24.9. The Balaban J connectivity index is 2.26.